The predicted molar refractivity (Wildman–Crippen MR) is 69.0 cm³/mol. The fraction of sp³-hybridized carbons (Fsp3) is 0.133. The first-order valence-electron chi connectivity index (χ1n) is 5.56. The molecule has 0 unspecified atom stereocenters. The van der Waals surface area contributed by atoms with Crippen LogP contribution in [0, 0.1) is 18.3 Å². The van der Waals surface area contributed by atoms with Gasteiger partial charge in [-0.1, -0.05) is 12.1 Å². The maximum Gasteiger partial charge on any atom is 0.169 e. The Morgan fingerprint density at radius 3 is 2.39 bits per heavy atom. The predicted octanol–water partition coefficient (Wildman–Crippen LogP) is 3.67. The maximum absolute atomic E-state index is 8.87. The van der Waals surface area contributed by atoms with E-state index in [9.17, 15) is 0 Å². The van der Waals surface area contributed by atoms with E-state index >= 15 is 0 Å². The van der Waals surface area contributed by atoms with Crippen LogP contribution in [0.5, 0.6) is 17.2 Å². The van der Waals surface area contributed by atoms with Gasteiger partial charge in [-0.25, -0.2) is 0 Å². The maximum atomic E-state index is 8.87. The van der Waals surface area contributed by atoms with E-state index < -0.39 is 0 Å². The molecule has 0 aliphatic carbocycles. The molecule has 90 valence electrons. The van der Waals surface area contributed by atoms with E-state index in [-0.39, 0.29) is 0 Å². The Labute approximate surface area is 106 Å². The van der Waals surface area contributed by atoms with Crippen LogP contribution in [0.2, 0.25) is 0 Å². The average molecular weight is 239 g/mol. The van der Waals surface area contributed by atoms with Crippen molar-refractivity contribution in [3.63, 3.8) is 0 Å². The number of hydrogen-bond donors (Lipinski definition) is 0. The second-order valence-electron chi connectivity index (χ2n) is 3.84. The zero-order valence-electron chi connectivity index (χ0n) is 10.3. The molecule has 2 aromatic carbocycles. The first-order valence-corrected chi connectivity index (χ1v) is 5.56. The number of benzene rings is 2. The number of nitriles is 1. The summed E-state index contributed by atoms with van der Waals surface area (Å²) in [7, 11) is 1.60. The van der Waals surface area contributed by atoms with E-state index in [4.69, 9.17) is 14.7 Å². The van der Waals surface area contributed by atoms with Gasteiger partial charge >= 0.3 is 0 Å². The van der Waals surface area contributed by atoms with E-state index in [0.717, 1.165) is 5.56 Å². The molecular formula is C15H13NO2. The third-order valence-corrected chi connectivity index (χ3v) is 2.62. The van der Waals surface area contributed by atoms with Gasteiger partial charge in [0.05, 0.1) is 18.7 Å². The van der Waals surface area contributed by atoms with Gasteiger partial charge in [0.2, 0.25) is 0 Å². The Hall–Kier alpha value is -2.47. The normalized spacial score (nSPS) is 9.61. The van der Waals surface area contributed by atoms with Crippen molar-refractivity contribution in [1.29, 1.82) is 5.26 Å². The molecule has 0 aliphatic rings. The van der Waals surface area contributed by atoms with Crippen LogP contribution in [0.3, 0.4) is 0 Å². The van der Waals surface area contributed by atoms with Crippen molar-refractivity contribution in [2.45, 2.75) is 6.92 Å². The second kappa shape index (κ2) is 5.24. The van der Waals surface area contributed by atoms with Crippen molar-refractivity contribution in [1.82, 2.24) is 0 Å². The number of ether oxygens (including phenoxy) is 2. The summed E-state index contributed by atoms with van der Waals surface area (Å²) in [6.07, 6.45) is 0. The van der Waals surface area contributed by atoms with Gasteiger partial charge in [-0.05, 0) is 42.8 Å². The molecule has 2 rings (SSSR count). The van der Waals surface area contributed by atoms with Crippen molar-refractivity contribution >= 4 is 0 Å². The molecule has 0 saturated heterocycles. The van der Waals surface area contributed by atoms with Crippen LogP contribution in [0.4, 0.5) is 0 Å². The van der Waals surface area contributed by atoms with E-state index in [1.54, 1.807) is 19.2 Å². The van der Waals surface area contributed by atoms with Gasteiger partial charge in [-0.2, -0.15) is 5.26 Å². The quantitative estimate of drug-likeness (QED) is 0.820. The minimum Gasteiger partial charge on any atom is -0.493 e. The summed E-state index contributed by atoms with van der Waals surface area (Å²) in [6, 6.07) is 14.9. The molecule has 2 aromatic rings. The molecule has 0 fully saturated rings. The summed E-state index contributed by atoms with van der Waals surface area (Å²) in [5, 5.41) is 8.87. The third kappa shape index (κ3) is 2.44. The molecule has 0 bridgehead atoms. The number of hydrogen-bond acceptors (Lipinski definition) is 3. The number of para-hydroxylation sites is 2. The Morgan fingerprint density at radius 2 is 1.78 bits per heavy atom. The summed E-state index contributed by atoms with van der Waals surface area (Å²) in [6.45, 7) is 1.88. The van der Waals surface area contributed by atoms with Crippen LogP contribution in [0.1, 0.15) is 11.1 Å². The number of rotatable bonds is 3. The molecule has 0 spiro atoms. The first kappa shape index (κ1) is 12.0. The number of methoxy groups -OCH3 is 1. The average Bonchev–Trinajstić information content (AvgIpc) is 2.39. The van der Waals surface area contributed by atoms with Gasteiger partial charge < -0.3 is 9.47 Å². The summed E-state index contributed by atoms with van der Waals surface area (Å²) in [5.41, 5.74) is 1.55. The smallest absolute Gasteiger partial charge is 0.169 e. The molecule has 3 heteroatoms. The minimum atomic E-state index is 0.655. The lowest BCUT2D eigenvalue weighted by Crippen LogP contribution is -1.91. The van der Waals surface area contributed by atoms with E-state index in [2.05, 4.69) is 6.07 Å². The van der Waals surface area contributed by atoms with Gasteiger partial charge in [-0.15, -0.1) is 0 Å². The summed E-state index contributed by atoms with van der Waals surface area (Å²) < 4.78 is 11.0. The van der Waals surface area contributed by atoms with Crippen molar-refractivity contribution in [3.05, 3.63) is 53.6 Å². The van der Waals surface area contributed by atoms with E-state index in [1.807, 2.05) is 37.3 Å². The lowest BCUT2D eigenvalue weighted by atomic mass is 10.1. The second-order valence-corrected chi connectivity index (χ2v) is 3.84. The van der Waals surface area contributed by atoms with E-state index in [0.29, 0.717) is 22.8 Å². The lowest BCUT2D eigenvalue weighted by Gasteiger charge is -2.10. The Morgan fingerprint density at radius 1 is 1.06 bits per heavy atom. The van der Waals surface area contributed by atoms with Gasteiger partial charge in [0.1, 0.15) is 5.75 Å². The number of nitrogens with zero attached hydrogens (tertiary/aromatic N) is 1. The van der Waals surface area contributed by atoms with Gasteiger partial charge in [0, 0.05) is 0 Å². The Bertz CT molecular complexity index is 600. The molecular weight excluding hydrogens is 226 g/mol. The first-order chi connectivity index (χ1) is 8.74. The SMILES string of the molecule is COc1ccccc1Oc1ccc(C#N)c(C)c1. The molecule has 18 heavy (non-hydrogen) atoms. The summed E-state index contributed by atoms with van der Waals surface area (Å²) in [5.74, 6) is 2.03. The zero-order valence-corrected chi connectivity index (χ0v) is 10.3. The van der Waals surface area contributed by atoms with Gasteiger partial charge in [0.15, 0.2) is 11.5 Å². The largest absolute Gasteiger partial charge is 0.493 e. The molecule has 0 heterocycles. The molecule has 0 saturated carbocycles. The summed E-state index contributed by atoms with van der Waals surface area (Å²) >= 11 is 0. The number of aryl methyl sites for hydroxylation is 1. The topological polar surface area (TPSA) is 42.2 Å². The van der Waals surface area contributed by atoms with Crippen LogP contribution < -0.4 is 9.47 Å². The Balaban J connectivity index is 2.29. The monoisotopic (exact) mass is 239 g/mol. The van der Waals surface area contributed by atoms with Crippen molar-refractivity contribution in [3.8, 4) is 23.3 Å². The highest BCUT2D eigenvalue weighted by molar-refractivity contribution is 5.46. The molecule has 0 atom stereocenters. The van der Waals surface area contributed by atoms with Crippen LogP contribution in [0.15, 0.2) is 42.5 Å². The van der Waals surface area contributed by atoms with Crippen molar-refractivity contribution < 1.29 is 9.47 Å². The molecule has 0 aromatic heterocycles. The van der Waals surface area contributed by atoms with Gasteiger partial charge in [0.25, 0.3) is 0 Å². The molecule has 0 radical (unpaired) electrons. The van der Waals surface area contributed by atoms with E-state index in [1.165, 1.54) is 0 Å². The van der Waals surface area contributed by atoms with Crippen LogP contribution in [-0.4, -0.2) is 7.11 Å². The minimum absolute atomic E-state index is 0.655. The highest BCUT2D eigenvalue weighted by Crippen LogP contribution is 2.31. The van der Waals surface area contributed by atoms with Crippen LogP contribution in [-0.2, 0) is 0 Å². The lowest BCUT2D eigenvalue weighted by molar-refractivity contribution is 0.379. The van der Waals surface area contributed by atoms with Crippen molar-refractivity contribution in [2.75, 3.05) is 7.11 Å². The molecule has 0 amide bonds. The Kier molecular flexibility index (Phi) is 3.49. The standard InChI is InChI=1S/C15H13NO2/c1-11-9-13(8-7-12(11)10-16)18-15-6-4-3-5-14(15)17-2/h3-9H,1-2H3. The highest BCUT2D eigenvalue weighted by atomic mass is 16.5. The molecule has 0 aliphatic heterocycles. The zero-order chi connectivity index (χ0) is 13.0. The fourth-order valence-corrected chi connectivity index (χ4v) is 1.66. The third-order valence-electron chi connectivity index (χ3n) is 2.62. The molecule has 0 N–H and O–H groups in total. The van der Waals surface area contributed by atoms with Crippen molar-refractivity contribution in [2.24, 2.45) is 0 Å². The van der Waals surface area contributed by atoms with Gasteiger partial charge in [-0.3, -0.25) is 0 Å². The fourth-order valence-electron chi connectivity index (χ4n) is 1.66. The van der Waals surface area contributed by atoms with Crippen LogP contribution >= 0.6 is 0 Å². The summed E-state index contributed by atoms with van der Waals surface area (Å²) in [4.78, 5) is 0. The highest BCUT2D eigenvalue weighted by Gasteiger charge is 2.05. The molecule has 3 nitrogen and oxygen atoms in total. The van der Waals surface area contributed by atoms with Crippen LogP contribution in [0.25, 0.3) is 0 Å².